The average molecular weight is 397 g/mol. The highest BCUT2D eigenvalue weighted by Crippen LogP contribution is 2.25. The molecule has 0 bridgehead atoms. The quantitative estimate of drug-likeness (QED) is 0.556. The first-order chi connectivity index (χ1) is 13.6. The standard InChI is InChI=1S/C21H19NO5S/c1-2-25-16-9-11-18(12-10-16)27-17-7-5-15(6-8-17)22-20(23)14-26-21(24)19-4-3-13-28-19/h3-13H,2,14H2,1H3,(H,22,23). The summed E-state index contributed by atoms with van der Waals surface area (Å²) in [5, 5.41) is 4.44. The van der Waals surface area contributed by atoms with E-state index in [4.69, 9.17) is 14.2 Å². The number of benzene rings is 2. The van der Waals surface area contributed by atoms with Gasteiger partial charge in [0.15, 0.2) is 6.61 Å². The summed E-state index contributed by atoms with van der Waals surface area (Å²) in [6.07, 6.45) is 0. The maximum Gasteiger partial charge on any atom is 0.348 e. The normalized spacial score (nSPS) is 10.2. The Hall–Kier alpha value is -3.32. The maximum atomic E-state index is 11.9. The van der Waals surface area contributed by atoms with Gasteiger partial charge in [-0.15, -0.1) is 11.3 Å². The van der Waals surface area contributed by atoms with Gasteiger partial charge in [-0.3, -0.25) is 4.79 Å². The Bertz CT molecular complexity index is 905. The second-order valence-corrected chi connectivity index (χ2v) is 6.58. The van der Waals surface area contributed by atoms with Gasteiger partial charge in [-0.2, -0.15) is 0 Å². The Morgan fingerprint density at radius 1 is 0.929 bits per heavy atom. The van der Waals surface area contributed by atoms with E-state index in [0.717, 1.165) is 5.75 Å². The second-order valence-electron chi connectivity index (χ2n) is 5.63. The van der Waals surface area contributed by atoms with Gasteiger partial charge >= 0.3 is 5.97 Å². The molecule has 0 radical (unpaired) electrons. The van der Waals surface area contributed by atoms with Crippen LogP contribution in [0.1, 0.15) is 16.6 Å². The fourth-order valence-electron chi connectivity index (χ4n) is 2.31. The molecule has 0 saturated heterocycles. The summed E-state index contributed by atoms with van der Waals surface area (Å²) >= 11 is 1.26. The first kappa shape index (κ1) is 19.4. The topological polar surface area (TPSA) is 73.9 Å². The number of hydrogen-bond acceptors (Lipinski definition) is 6. The molecule has 0 unspecified atom stereocenters. The van der Waals surface area contributed by atoms with E-state index in [1.165, 1.54) is 11.3 Å². The third kappa shape index (κ3) is 5.59. The predicted molar refractivity (Wildman–Crippen MR) is 107 cm³/mol. The van der Waals surface area contributed by atoms with E-state index in [0.29, 0.717) is 28.7 Å². The Morgan fingerprint density at radius 2 is 1.57 bits per heavy atom. The van der Waals surface area contributed by atoms with Gasteiger partial charge in [0, 0.05) is 5.69 Å². The Kier molecular flexibility index (Phi) is 6.64. The van der Waals surface area contributed by atoms with Crippen molar-refractivity contribution in [2.45, 2.75) is 6.92 Å². The number of carbonyl (C=O) groups is 2. The molecule has 6 nitrogen and oxygen atoms in total. The van der Waals surface area contributed by atoms with Crippen LogP contribution >= 0.6 is 11.3 Å². The number of thiophene rings is 1. The van der Waals surface area contributed by atoms with Crippen LogP contribution in [0.5, 0.6) is 17.2 Å². The molecule has 1 heterocycles. The average Bonchev–Trinajstić information content (AvgIpc) is 3.24. The van der Waals surface area contributed by atoms with E-state index in [-0.39, 0.29) is 6.61 Å². The van der Waals surface area contributed by atoms with Crippen LogP contribution in [0.4, 0.5) is 5.69 Å². The molecular formula is C21H19NO5S. The molecule has 0 saturated carbocycles. The number of esters is 1. The van der Waals surface area contributed by atoms with Gasteiger partial charge < -0.3 is 19.5 Å². The van der Waals surface area contributed by atoms with Gasteiger partial charge in [-0.05, 0) is 66.9 Å². The maximum absolute atomic E-state index is 11.9. The lowest BCUT2D eigenvalue weighted by Gasteiger charge is -2.09. The van der Waals surface area contributed by atoms with Crippen molar-refractivity contribution >= 4 is 28.9 Å². The van der Waals surface area contributed by atoms with Crippen LogP contribution in [0.15, 0.2) is 66.0 Å². The van der Waals surface area contributed by atoms with Crippen molar-refractivity contribution in [3.63, 3.8) is 0 Å². The molecule has 7 heteroatoms. The third-order valence-electron chi connectivity index (χ3n) is 3.57. The van der Waals surface area contributed by atoms with Gasteiger partial charge in [0.25, 0.3) is 5.91 Å². The molecule has 0 aliphatic heterocycles. The fraction of sp³-hybridized carbons (Fsp3) is 0.143. The van der Waals surface area contributed by atoms with E-state index in [1.807, 2.05) is 31.2 Å². The molecule has 0 spiro atoms. The SMILES string of the molecule is CCOc1ccc(Oc2ccc(NC(=O)COC(=O)c3cccs3)cc2)cc1. The largest absolute Gasteiger partial charge is 0.494 e. The summed E-state index contributed by atoms with van der Waals surface area (Å²) in [5.74, 6) is 1.18. The zero-order valence-corrected chi connectivity index (χ0v) is 16.0. The zero-order chi connectivity index (χ0) is 19.8. The van der Waals surface area contributed by atoms with Crippen molar-refractivity contribution in [2.24, 2.45) is 0 Å². The highest BCUT2D eigenvalue weighted by atomic mass is 32.1. The summed E-state index contributed by atoms with van der Waals surface area (Å²) in [6.45, 7) is 2.19. The molecule has 1 amide bonds. The molecule has 1 N–H and O–H groups in total. The summed E-state index contributed by atoms with van der Waals surface area (Å²) in [6, 6.07) is 17.6. The lowest BCUT2D eigenvalue weighted by molar-refractivity contribution is -0.119. The van der Waals surface area contributed by atoms with Gasteiger partial charge in [-0.1, -0.05) is 6.07 Å². The van der Waals surface area contributed by atoms with Gasteiger partial charge in [0.1, 0.15) is 22.1 Å². The number of hydrogen-bond donors (Lipinski definition) is 1. The van der Waals surface area contributed by atoms with Crippen LogP contribution in [0, 0.1) is 0 Å². The predicted octanol–water partition coefficient (Wildman–Crippen LogP) is 4.73. The van der Waals surface area contributed by atoms with E-state index in [2.05, 4.69) is 5.32 Å². The lowest BCUT2D eigenvalue weighted by Crippen LogP contribution is -2.20. The number of carbonyl (C=O) groups excluding carboxylic acids is 2. The van der Waals surface area contributed by atoms with Crippen LogP contribution < -0.4 is 14.8 Å². The Morgan fingerprint density at radius 3 is 2.18 bits per heavy atom. The van der Waals surface area contributed by atoms with Gasteiger partial charge in [0.05, 0.1) is 6.61 Å². The zero-order valence-electron chi connectivity index (χ0n) is 15.2. The minimum absolute atomic E-state index is 0.346. The molecule has 1 aromatic heterocycles. The first-order valence-electron chi connectivity index (χ1n) is 8.65. The molecule has 0 atom stereocenters. The molecule has 3 rings (SSSR count). The summed E-state index contributed by atoms with van der Waals surface area (Å²) < 4.78 is 16.1. The van der Waals surface area contributed by atoms with Crippen molar-refractivity contribution in [2.75, 3.05) is 18.5 Å². The smallest absolute Gasteiger partial charge is 0.348 e. The van der Waals surface area contributed by atoms with E-state index in [9.17, 15) is 9.59 Å². The number of amides is 1. The number of anilines is 1. The molecular weight excluding hydrogens is 378 g/mol. The van der Waals surface area contributed by atoms with Crippen LogP contribution in [-0.2, 0) is 9.53 Å². The van der Waals surface area contributed by atoms with Gasteiger partial charge in [-0.25, -0.2) is 4.79 Å². The Labute approximate surface area is 166 Å². The van der Waals surface area contributed by atoms with E-state index in [1.54, 1.807) is 41.8 Å². The van der Waals surface area contributed by atoms with Crippen LogP contribution in [0.25, 0.3) is 0 Å². The van der Waals surface area contributed by atoms with Crippen molar-refractivity contribution in [3.05, 3.63) is 70.9 Å². The molecule has 3 aromatic rings. The summed E-state index contributed by atoms with van der Waals surface area (Å²) in [7, 11) is 0. The van der Waals surface area contributed by atoms with Crippen LogP contribution in [0.2, 0.25) is 0 Å². The minimum atomic E-state index is -0.510. The molecule has 0 fully saturated rings. The van der Waals surface area contributed by atoms with E-state index >= 15 is 0 Å². The number of rotatable bonds is 8. The van der Waals surface area contributed by atoms with Crippen molar-refractivity contribution in [1.29, 1.82) is 0 Å². The number of ether oxygens (including phenoxy) is 3. The lowest BCUT2D eigenvalue weighted by atomic mass is 10.3. The Balaban J connectivity index is 1.48. The van der Waals surface area contributed by atoms with Crippen molar-refractivity contribution < 1.29 is 23.8 Å². The summed E-state index contributed by atoms with van der Waals surface area (Å²) in [4.78, 5) is 24.1. The van der Waals surface area contributed by atoms with Crippen molar-refractivity contribution in [1.82, 2.24) is 0 Å². The molecule has 144 valence electrons. The fourth-order valence-corrected chi connectivity index (χ4v) is 2.92. The highest BCUT2D eigenvalue weighted by Gasteiger charge is 2.11. The minimum Gasteiger partial charge on any atom is -0.494 e. The van der Waals surface area contributed by atoms with Crippen LogP contribution in [-0.4, -0.2) is 25.1 Å². The second kappa shape index (κ2) is 9.57. The van der Waals surface area contributed by atoms with Gasteiger partial charge in [0.2, 0.25) is 0 Å². The monoisotopic (exact) mass is 397 g/mol. The van der Waals surface area contributed by atoms with E-state index < -0.39 is 11.9 Å². The highest BCUT2D eigenvalue weighted by molar-refractivity contribution is 7.11. The first-order valence-corrected chi connectivity index (χ1v) is 9.53. The number of nitrogens with one attached hydrogen (secondary N) is 1. The third-order valence-corrected chi connectivity index (χ3v) is 4.42. The van der Waals surface area contributed by atoms with Crippen molar-refractivity contribution in [3.8, 4) is 17.2 Å². The molecule has 2 aromatic carbocycles. The molecule has 28 heavy (non-hydrogen) atoms. The molecule has 0 aliphatic rings. The molecule has 0 aliphatic carbocycles. The summed E-state index contributed by atoms with van der Waals surface area (Å²) in [5.41, 5.74) is 0.580. The van der Waals surface area contributed by atoms with Crippen LogP contribution in [0.3, 0.4) is 0 Å².